The fraction of sp³-hybridized carbons (Fsp3) is 0.682. The molecule has 0 aromatic carbocycles. The summed E-state index contributed by atoms with van der Waals surface area (Å²) in [4.78, 5) is 47.9. The van der Waals surface area contributed by atoms with E-state index in [-0.39, 0.29) is 57.1 Å². The molecule has 0 aromatic heterocycles. The third-order valence-electron chi connectivity index (χ3n) is 12.4. The maximum Gasteiger partial charge on any atom is 0.330 e. The zero-order chi connectivity index (χ0) is 44.0. The van der Waals surface area contributed by atoms with Gasteiger partial charge in [0.1, 0.15) is 0 Å². The Hall–Kier alpha value is -2.27. The van der Waals surface area contributed by atoms with Gasteiger partial charge in [-0.2, -0.15) is 0 Å². The summed E-state index contributed by atoms with van der Waals surface area (Å²) in [5.41, 5.74) is 1.74. The molecule has 0 spiro atoms. The molecule has 1 aliphatic heterocycles. The van der Waals surface area contributed by atoms with Crippen molar-refractivity contribution < 1.29 is 42.2 Å². The second-order valence-corrected chi connectivity index (χ2v) is 40.9. The Kier molecular flexibility index (Phi) is 17.3. The van der Waals surface area contributed by atoms with E-state index in [4.69, 9.17) is 13.6 Å². The first-order valence-corrected chi connectivity index (χ1v) is 33.3. The van der Waals surface area contributed by atoms with Crippen molar-refractivity contribution >= 4 is 56.3 Å². The largest absolute Gasteiger partial charge is 0.466 e. The molecule has 0 N–H and O–H groups in total. The number of esters is 2. The van der Waals surface area contributed by atoms with Crippen LogP contribution in [0.1, 0.15) is 80.1 Å². The summed E-state index contributed by atoms with van der Waals surface area (Å²) >= 11 is 0. The average molecular weight is 861 g/mol. The zero-order valence-corrected chi connectivity index (χ0v) is 42.7. The number of rotatable bonds is 16. The lowest BCUT2D eigenvalue weighted by Gasteiger charge is -2.37. The molecule has 0 saturated carbocycles. The zero-order valence-electron chi connectivity index (χ0n) is 38.7. The highest BCUT2D eigenvalue weighted by Crippen LogP contribution is 2.51. The van der Waals surface area contributed by atoms with Crippen LogP contribution in [0.3, 0.4) is 0 Å². The Labute approximate surface area is 349 Å². The van der Waals surface area contributed by atoms with Crippen molar-refractivity contribution in [1.82, 2.24) is 0 Å². The molecule has 0 bridgehead atoms. The number of hydrogen-bond acceptors (Lipinski definition) is 9. The number of carbonyl (C=O) groups is 4. The van der Waals surface area contributed by atoms with Gasteiger partial charge in [0.25, 0.3) is 0 Å². The van der Waals surface area contributed by atoms with Crippen LogP contribution in [-0.2, 0) is 42.2 Å². The van der Waals surface area contributed by atoms with E-state index in [2.05, 4.69) is 129 Å². The van der Waals surface area contributed by atoms with Crippen molar-refractivity contribution in [2.45, 2.75) is 179 Å². The third kappa shape index (κ3) is 14.5. The maximum absolute atomic E-state index is 12.8. The lowest BCUT2D eigenvalue weighted by atomic mass is 10.1. The van der Waals surface area contributed by atoms with E-state index in [1.54, 1.807) is 6.08 Å². The molecule has 0 aromatic rings. The van der Waals surface area contributed by atoms with Crippen LogP contribution in [0.4, 0.5) is 0 Å². The van der Waals surface area contributed by atoms with E-state index >= 15 is 0 Å². The van der Waals surface area contributed by atoms with Gasteiger partial charge in [-0.05, 0) is 78.8 Å². The quantitative estimate of drug-likeness (QED) is 0.0647. The summed E-state index contributed by atoms with van der Waals surface area (Å²) in [5.74, 6) is -0.311. The summed E-state index contributed by atoms with van der Waals surface area (Å²) in [7, 11) is -4.39. The fourth-order valence-corrected chi connectivity index (χ4v) is 12.7. The van der Waals surface area contributed by atoms with Gasteiger partial charge in [-0.15, -0.1) is 0 Å². The minimum Gasteiger partial charge on any atom is -0.466 e. The first kappa shape index (κ1) is 50.9. The Bertz CT molecular complexity index is 1630. The Morgan fingerprint density at radius 2 is 1.18 bits per heavy atom. The Morgan fingerprint density at radius 1 is 0.737 bits per heavy atom. The van der Waals surface area contributed by atoms with Crippen LogP contribution >= 0.6 is 0 Å². The van der Waals surface area contributed by atoms with Crippen molar-refractivity contribution in [2.75, 3.05) is 14.2 Å². The van der Waals surface area contributed by atoms with Gasteiger partial charge >= 0.3 is 11.9 Å². The monoisotopic (exact) mass is 860 g/mol. The van der Waals surface area contributed by atoms with Gasteiger partial charge in [0, 0.05) is 31.4 Å². The minimum atomic E-state index is -1.93. The molecule has 4 unspecified atom stereocenters. The summed E-state index contributed by atoms with van der Waals surface area (Å²) in [5, 5.41) is 1.31. The van der Waals surface area contributed by atoms with Crippen molar-refractivity contribution in [2.24, 2.45) is 0 Å². The molecular weight excluding hydrogens is 785 g/mol. The van der Waals surface area contributed by atoms with Gasteiger partial charge in [-0.25, -0.2) is 9.59 Å². The second kappa shape index (κ2) is 19.4. The van der Waals surface area contributed by atoms with E-state index in [9.17, 15) is 19.2 Å². The number of ether oxygens (including phenoxy) is 3. The maximum atomic E-state index is 12.8. The first-order valence-electron chi connectivity index (χ1n) is 20.5. The van der Waals surface area contributed by atoms with Crippen LogP contribution in [0.2, 0.25) is 75.5 Å². The van der Waals surface area contributed by atoms with Crippen LogP contribution in [0.15, 0.2) is 58.9 Å². The fourth-order valence-electron chi connectivity index (χ4n) is 6.43. The number of epoxide rings is 1. The molecule has 57 heavy (non-hydrogen) atoms. The number of ketones is 2. The lowest BCUT2D eigenvalue weighted by Crippen LogP contribution is -2.44. The number of Topliss-reactive ketones (excluding diaryl/α,β-unsaturated/α-hetero) is 2. The van der Waals surface area contributed by atoms with Crippen molar-refractivity contribution in [1.29, 1.82) is 0 Å². The average Bonchev–Trinajstić information content (AvgIpc) is 3.51. The number of methoxy groups -OCH3 is 2. The third-order valence-corrected chi connectivity index (χ3v) is 26.9. The summed E-state index contributed by atoms with van der Waals surface area (Å²) in [6.45, 7) is 35.9. The summed E-state index contributed by atoms with van der Waals surface area (Å²) in [6, 6.07) is 0. The van der Waals surface area contributed by atoms with E-state index in [1.807, 2.05) is 12.2 Å². The normalized spacial score (nSPS) is 23.8. The minimum absolute atomic E-state index is 0.0455. The molecule has 2 aliphatic carbocycles. The highest BCUT2D eigenvalue weighted by Gasteiger charge is 2.63. The number of carbonyl (C=O) groups excluding carboxylic acids is 4. The van der Waals surface area contributed by atoms with Crippen molar-refractivity contribution in [3.63, 3.8) is 0 Å². The van der Waals surface area contributed by atoms with Crippen LogP contribution in [-0.4, -0.2) is 94.0 Å². The van der Waals surface area contributed by atoms with Gasteiger partial charge < -0.3 is 23.1 Å². The summed E-state index contributed by atoms with van der Waals surface area (Å²) < 4.78 is 28.4. The van der Waals surface area contributed by atoms with Crippen LogP contribution in [0, 0.1) is 0 Å². The van der Waals surface area contributed by atoms with E-state index in [0.29, 0.717) is 38.5 Å². The van der Waals surface area contributed by atoms with E-state index in [1.165, 1.54) is 31.6 Å². The molecule has 322 valence electrons. The Morgan fingerprint density at radius 3 is 1.60 bits per heavy atom. The van der Waals surface area contributed by atoms with Gasteiger partial charge in [0.05, 0.1) is 53.9 Å². The van der Waals surface area contributed by atoms with E-state index < -0.39 is 32.8 Å². The molecule has 0 radical (unpaired) electrons. The molecule has 1 saturated heterocycles. The molecule has 4 atom stereocenters. The number of allylic oxidation sites excluding steroid dienone is 4. The molecule has 1 heterocycles. The molecule has 3 rings (SSSR count). The van der Waals surface area contributed by atoms with Gasteiger partial charge in [-0.1, -0.05) is 104 Å². The molecule has 3 aliphatic rings. The van der Waals surface area contributed by atoms with Crippen LogP contribution < -0.4 is 0 Å². The molecular formula is C44H76O9Si4. The Balaban J connectivity index is 0.000000394. The van der Waals surface area contributed by atoms with Crippen molar-refractivity contribution in [3.8, 4) is 0 Å². The second-order valence-electron chi connectivity index (χ2n) is 20.9. The lowest BCUT2D eigenvalue weighted by molar-refractivity contribution is -0.135. The van der Waals surface area contributed by atoms with Gasteiger partial charge in [0.15, 0.2) is 28.2 Å². The standard InChI is InChI=1S/C22H38O5Si2.C22H38O4Si2/c1-21(2,3)29(8,9)27-17-13-16(18(23)14-17)15-22(28(5,6)7)19(26-22)11-10-12-20(24)25-4;1-22(2,3)28(8,9)26-18-14-17(20(23)16-18)15-19(27(5,6)7)12-10-11-13-21(24)25-4/h10,12-13,17,19H,11,14-15H2,1-9H3;11-14,18H,10,15-16H2,1-9H3/b12-10+;13-11+,19-12-. The highest BCUT2D eigenvalue weighted by molar-refractivity contribution is 6.83. The smallest absolute Gasteiger partial charge is 0.330 e. The topological polar surface area (TPSA) is 118 Å². The van der Waals surface area contributed by atoms with Gasteiger partial charge in [0.2, 0.25) is 0 Å². The first-order chi connectivity index (χ1) is 25.8. The van der Waals surface area contributed by atoms with Gasteiger partial charge in [-0.3, -0.25) is 9.59 Å². The molecule has 0 amide bonds. The highest BCUT2D eigenvalue weighted by atomic mass is 28.4. The number of hydrogen-bond donors (Lipinski definition) is 0. The molecule has 13 heteroatoms. The predicted molar refractivity (Wildman–Crippen MR) is 243 cm³/mol. The predicted octanol–water partition coefficient (Wildman–Crippen LogP) is 10.4. The molecule has 9 nitrogen and oxygen atoms in total. The SMILES string of the molecule is COC(=O)/C=C/C/C=C(/CC1=CC(O[Si](C)(C)C(C)(C)C)CC1=O)[Si](C)(C)C.COC(=O)/C=C/CC1OC1(CC1=CC(O[Si](C)(C)C(C)(C)C)CC1=O)[Si](C)(C)C. The van der Waals surface area contributed by atoms with Crippen LogP contribution in [0.25, 0.3) is 0 Å². The van der Waals surface area contributed by atoms with Crippen LogP contribution in [0.5, 0.6) is 0 Å². The van der Waals surface area contributed by atoms with Crippen molar-refractivity contribution in [3.05, 3.63) is 58.9 Å². The summed E-state index contributed by atoms with van der Waals surface area (Å²) in [6.07, 6.45) is 16.2. The van der Waals surface area contributed by atoms with E-state index in [0.717, 1.165) is 11.1 Å². The molecule has 1 fully saturated rings.